The van der Waals surface area contributed by atoms with Crippen LogP contribution in [0.5, 0.6) is 0 Å². The normalized spacial score (nSPS) is 14.4. The first-order valence-electron chi connectivity index (χ1n) is 9.78. The van der Waals surface area contributed by atoms with E-state index >= 15 is 0 Å². The highest BCUT2D eigenvalue weighted by Gasteiger charge is 2.51. The Morgan fingerprint density at radius 3 is 2.00 bits per heavy atom. The maximum atomic E-state index is 13.1. The molecule has 0 aliphatic heterocycles. The Morgan fingerprint density at radius 1 is 1.00 bits per heavy atom. The Balaban J connectivity index is 2.54. The largest absolute Gasteiger partial charge is 0.387 e. The van der Waals surface area contributed by atoms with Gasteiger partial charge < -0.3 is 4.43 Å². The minimum absolute atomic E-state index is 0.205. The second kappa shape index (κ2) is 9.24. The second-order valence-electron chi connectivity index (χ2n) is 8.86. The Morgan fingerprint density at radius 2 is 1.53 bits per heavy atom. The zero-order chi connectivity index (χ0) is 22.6. The van der Waals surface area contributed by atoms with Gasteiger partial charge in [-0.3, -0.25) is 0 Å². The maximum absolute atomic E-state index is 13.1. The van der Waals surface area contributed by atoms with Crippen LogP contribution in [0.15, 0.2) is 59.5 Å². The van der Waals surface area contributed by atoms with E-state index in [0.29, 0.717) is 10.5 Å². The molecule has 0 fully saturated rings. The van der Waals surface area contributed by atoms with Crippen molar-refractivity contribution >= 4 is 19.3 Å². The Bertz CT molecular complexity index is 957. The molecule has 2 rings (SSSR count). The van der Waals surface area contributed by atoms with Crippen molar-refractivity contribution in [2.24, 2.45) is 0 Å². The monoisotopic (exact) mass is 439 g/mol. The molecule has 0 radical (unpaired) electrons. The van der Waals surface area contributed by atoms with E-state index in [0.717, 1.165) is 5.56 Å². The van der Waals surface area contributed by atoms with Gasteiger partial charge in [0.1, 0.15) is 29.2 Å². The summed E-state index contributed by atoms with van der Waals surface area (Å²) < 4.78 is 22.5. The summed E-state index contributed by atoms with van der Waals surface area (Å²) in [5, 5.41) is 20.1. The van der Waals surface area contributed by atoms with Crippen molar-refractivity contribution in [3.05, 3.63) is 65.7 Å². The fourth-order valence-electron chi connectivity index (χ4n) is 2.68. The van der Waals surface area contributed by atoms with Crippen LogP contribution in [-0.2, 0) is 15.4 Å². The number of aryl methyl sites for hydroxylation is 1. The lowest BCUT2D eigenvalue weighted by Gasteiger charge is -2.42. The smallest absolute Gasteiger partial charge is 0.252 e. The number of rotatable bonds is 7. The lowest BCUT2D eigenvalue weighted by molar-refractivity contribution is 0.130. The van der Waals surface area contributed by atoms with Crippen LogP contribution in [0, 0.1) is 29.6 Å². The minimum atomic E-state index is -2.50. The van der Waals surface area contributed by atoms with Gasteiger partial charge in [0.25, 0.3) is 5.60 Å². The third-order valence-corrected chi connectivity index (χ3v) is 11.1. The van der Waals surface area contributed by atoms with E-state index in [1.165, 1.54) is 0 Å². The maximum Gasteiger partial charge on any atom is 0.252 e. The van der Waals surface area contributed by atoms with Crippen LogP contribution in [-0.4, -0.2) is 18.1 Å². The Labute approximate surface area is 183 Å². The van der Waals surface area contributed by atoms with Gasteiger partial charge in [0.15, 0.2) is 8.32 Å². The van der Waals surface area contributed by atoms with Gasteiger partial charge in [-0.05, 0) is 42.8 Å². The molecule has 0 spiro atoms. The molecule has 0 heterocycles. The fraction of sp³-hybridized carbons (Fsp3) is 0.391. The van der Waals surface area contributed by atoms with E-state index in [1.807, 2.05) is 83.3 Å². The predicted octanol–water partition coefficient (Wildman–Crippen LogP) is 5.16. The summed E-state index contributed by atoms with van der Waals surface area (Å²) in [6.45, 7) is 12.1. The zero-order valence-electron chi connectivity index (χ0n) is 18.4. The standard InChI is InChI=1S/C23H29N3O2SSi/c1-18-12-14-20(15-13-18)29(27)26-21(19-10-8-7-9-11-19)23(16-24,17-25)28-30(5,6)22(2,3)4/h7-15,21,26H,1-6H3/t21-,29-/m0/s1. The van der Waals surface area contributed by atoms with Crippen LogP contribution in [0.3, 0.4) is 0 Å². The molecule has 7 heteroatoms. The third kappa shape index (κ3) is 5.24. The number of hydrogen-bond donors (Lipinski definition) is 1. The average Bonchev–Trinajstić information content (AvgIpc) is 2.70. The molecule has 158 valence electrons. The van der Waals surface area contributed by atoms with Crippen LogP contribution >= 0.6 is 0 Å². The van der Waals surface area contributed by atoms with Crippen molar-refractivity contribution in [2.75, 3.05) is 0 Å². The molecule has 0 saturated heterocycles. The highest BCUT2D eigenvalue weighted by molar-refractivity contribution is 7.83. The number of nitrogens with zero attached hydrogens (tertiary/aromatic N) is 2. The molecule has 0 unspecified atom stereocenters. The summed E-state index contributed by atoms with van der Waals surface area (Å²) in [5.74, 6) is 0. The molecule has 0 aromatic heterocycles. The first kappa shape index (κ1) is 24.0. The SMILES string of the molecule is Cc1ccc([S@](=O)N[C@@H](c2ccccc2)C(C#N)(C#N)O[Si](C)(C)C(C)(C)C)cc1. The fourth-order valence-corrected chi connectivity index (χ4v) is 5.04. The van der Waals surface area contributed by atoms with E-state index < -0.39 is 30.9 Å². The van der Waals surface area contributed by atoms with Crippen LogP contribution < -0.4 is 4.72 Å². The van der Waals surface area contributed by atoms with Gasteiger partial charge >= 0.3 is 0 Å². The molecule has 1 N–H and O–H groups in total. The minimum Gasteiger partial charge on any atom is -0.387 e. The van der Waals surface area contributed by atoms with Crippen molar-refractivity contribution < 1.29 is 8.63 Å². The summed E-state index contributed by atoms with van der Waals surface area (Å²) in [6.07, 6.45) is 0. The molecule has 0 bridgehead atoms. The van der Waals surface area contributed by atoms with E-state index in [9.17, 15) is 14.7 Å². The summed E-state index contributed by atoms with van der Waals surface area (Å²) >= 11 is 0. The highest BCUT2D eigenvalue weighted by atomic mass is 32.2. The number of benzene rings is 2. The van der Waals surface area contributed by atoms with Gasteiger partial charge in [-0.1, -0.05) is 68.8 Å². The van der Waals surface area contributed by atoms with Crippen molar-refractivity contribution in [1.29, 1.82) is 10.5 Å². The average molecular weight is 440 g/mol. The molecule has 2 aromatic rings. The summed E-state index contributed by atoms with van der Waals surface area (Å²) in [4.78, 5) is 0.568. The molecule has 5 nitrogen and oxygen atoms in total. The summed E-state index contributed by atoms with van der Waals surface area (Å²) in [5.41, 5.74) is -0.107. The molecule has 0 aliphatic carbocycles. The van der Waals surface area contributed by atoms with Crippen molar-refractivity contribution in [1.82, 2.24) is 4.72 Å². The molecule has 0 amide bonds. The van der Waals surface area contributed by atoms with Crippen molar-refractivity contribution in [3.63, 3.8) is 0 Å². The number of nitriles is 2. The Hall–Kier alpha value is -2.29. The van der Waals surface area contributed by atoms with Gasteiger partial charge in [-0.15, -0.1) is 0 Å². The number of hydrogen-bond acceptors (Lipinski definition) is 4. The van der Waals surface area contributed by atoms with Crippen LogP contribution in [0.1, 0.15) is 37.9 Å². The van der Waals surface area contributed by atoms with Gasteiger partial charge in [-0.25, -0.2) is 8.93 Å². The molecule has 2 aromatic carbocycles. The lowest BCUT2D eigenvalue weighted by Crippen LogP contribution is -2.54. The van der Waals surface area contributed by atoms with Crippen LogP contribution in [0.4, 0.5) is 0 Å². The zero-order valence-corrected chi connectivity index (χ0v) is 20.2. The van der Waals surface area contributed by atoms with Crippen molar-refractivity contribution in [2.45, 2.75) is 62.4 Å². The first-order chi connectivity index (χ1) is 14.0. The molecular formula is C23H29N3O2SSi. The van der Waals surface area contributed by atoms with E-state index in [1.54, 1.807) is 12.1 Å². The number of nitrogens with one attached hydrogen (secondary N) is 1. The van der Waals surface area contributed by atoms with E-state index in [4.69, 9.17) is 4.43 Å². The van der Waals surface area contributed by atoms with Crippen LogP contribution in [0.25, 0.3) is 0 Å². The second-order valence-corrected chi connectivity index (χ2v) is 14.8. The molecular weight excluding hydrogens is 410 g/mol. The predicted molar refractivity (Wildman–Crippen MR) is 122 cm³/mol. The van der Waals surface area contributed by atoms with Gasteiger partial charge in [0, 0.05) is 0 Å². The molecule has 2 atom stereocenters. The first-order valence-corrected chi connectivity index (χ1v) is 13.8. The highest BCUT2D eigenvalue weighted by Crippen LogP contribution is 2.42. The lowest BCUT2D eigenvalue weighted by atomic mass is 9.92. The Kier molecular flexibility index (Phi) is 7.39. The van der Waals surface area contributed by atoms with E-state index in [-0.39, 0.29) is 5.04 Å². The van der Waals surface area contributed by atoms with Gasteiger partial charge in [0.05, 0.1) is 4.90 Å². The van der Waals surface area contributed by atoms with Crippen molar-refractivity contribution in [3.8, 4) is 12.1 Å². The summed E-state index contributed by atoms with van der Waals surface area (Å²) in [7, 11) is -4.14. The van der Waals surface area contributed by atoms with E-state index in [2.05, 4.69) is 16.9 Å². The molecule has 0 aliphatic rings. The van der Waals surface area contributed by atoms with Gasteiger partial charge in [-0.2, -0.15) is 10.5 Å². The quantitative estimate of drug-likeness (QED) is 0.604. The third-order valence-electron chi connectivity index (χ3n) is 5.55. The molecule has 30 heavy (non-hydrogen) atoms. The van der Waals surface area contributed by atoms with Gasteiger partial charge in [0.2, 0.25) is 0 Å². The van der Waals surface area contributed by atoms with Crippen LogP contribution in [0.2, 0.25) is 18.1 Å². The molecule has 0 saturated carbocycles. The summed E-state index contributed by atoms with van der Waals surface area (Å²) in [6, 6.07) is 19.7. The topological polar surface area (TPSA) is 85.9 Å².